The van der Waals surface area contributed by atoms with Crippen molar-refractivity contribution in [2.75, 3.05) is 0 Å². The molecule has 0 saturated heterocycles. The summed E-state index contributed by atoms with van der Waals surface area (Å²) >= 11 is 0. The van der Waals surface area contributed by atoms with E-state index in [2.05, 4.69) is 57.6 Å². The van der Waals surface area contributed by atoms with Crippen LogP contribution in [0.2, 0.25) is 0 Å². The van der Waals surface area contributed by atoms with Crippen molar-refractivity contribution in [3.8, 4) is 22.5 Å². The fourth-order valence-electron chi connectivity index (χ4n) is 3.94. The van der Waals surface area contributed by atoms with Crippen LogP contribution in [0.4, 0.5) is 4.39 Å². The molecule has 4 rings (SSSR count). The first-order chi connectivity index (χ1) is 16.4. The van der Waals surface area contributed by atoms with Crippen molar-refractivity contribution >= 4 is 23.6 Å². The quantitative estimate of drug-likeness (QED) is 0.355. The number of H-pyrrole nitrogens is 2. The lowest BCUT2D eigenvalue weighted by molar-refractivity contribution is 0.628. The number of rotatable bonds is 6. The maximum absolute atomic E-state index is 13.9. The average Bonchev–Trinajstić information content (AvgIpc) is 3.43. The maximum atomic E-state index is 13.9. The van der Waals surface area contributed by atoms with E-state index in [4.69, 9.17) is 0 Å². The van der Waals surface area contributed by atoms with Crippen molar-refractivity contribution in [1.82, 2.24) is 20.2 Å². The highest BCUT2D eigenvalue weighted by Gasteiger charge is 2.13. The number of pyridine rings is 1. The predicted octanol–water partition coefficient (Wildman–Crippen LogP) is 5.97. The van der Waals surface area contributed by atoms with Crippen LogP contribution < -0.4 is 10.6 Å². The molecule has 1 aromatic carbocycles. The molecule has 2 N–H and O–H groups in total. The fourth-order valence-corrected chi connectivity index (χ4v) is 3.94. The van der Waals surface area contributed by atoms with Gasteiger partial charge in [0.05, 0.1) is 22.8 Å². The Hall–Kier alpha value is -4.25. The molecule has 0 aliphatic heterocycles. The van der Waals surface area contributed by atoms with Gasteiger partial charge in [0, 0.05) is 22.4 Å². The SMILES string of the molecule is C=C\C(C)=C/C(=C\C)C(/C=c1/c(-c2cc3c(-c4cccc(F)c4)cncc3[nH]2)n[nH]c1=C)=C/C. The van der Waals surface area contributed by atoms with Crippen LogP contribution in [0.25, 0.3) is 46.1 Å². The lowest BCUT2D eigenvalue weighted by Gasteiger charge is -2.04. The van der Waals surface area contributed by atoms with Crippen molar-refractivity contribution in [3.05, 3.63) is 107 Å². The second-order valence-corrected chi connectivity index (χ2v) is 8.03. The highest BCUT2D eigenvalue weighted by Crippen LogP contribution is 2.30. The number of hydrogen-bond acceptors (Lipinski definition) is 2. The minimum absolute atomic E-state index is 0.282. The summed E-state index contributed by atoms with van der Waals surface area (Å²) in [5, 5.41) is 10.1. The van der Waals surface area contributed by atoms with Crippen molar-refractivity contribution in [2.24, 2.45) is 0 Å². The monoisotopic (exact) mass is 450 g/mol. The third-order valence-electron chi connectivity index (χ3n) is 5.78. The number of benzene rings is 1. The molecule has 0 atom stereocenters. The maximum Gasteiger partial charge on any atom is 0.123 e. The Kier molecular flexibility index (Phi) is 6.55. The molecule has 0 amide bonds. The van der Waals surface area contributed by atoms with Crippen LogP contribution in [0.1, 0.15) is 20.8 Å². The van der Waals surface area contributed by atoms with Crippen LogP contribution in [0.15, 0.2) is 90.3 Å². The van der Waals surface area contributed by atoms with Crippen LogP contribution in [0, 0.1) is 5.82 Å². The molecule has 34 heavy (non-hydrogen) atoms. The van der Waals surface area contributed by atoms with Gasteiger partial charge in [0.2, 0.25) is 0 Å². The first-order valence-corrected chi connectivity index (χ1v) is 11.1. The Morgan fingerprint density at radius 2 is 1.88 bits per heavy atom. The molecule has 4 nitrogen and oxygen atoms in total. The van der Waals surface area contributed by atoms with Gasteiger partial charge in [-0.2, -0.15) is 5.10 Å². The zero-order valence-electron chi connectivity index (χ0n) is 19.6. The molecule has 0 bridgehead atoms. The molecular weight excluding hydrogens is 423 g/mol. The second kappa shape index (κ2) is 9.71. The molecule has 3 aromatic heterocycles. The number of aromatic nitrogens is 4. The molecular formula is C29H27FN4. The lowest BCUT2D eigenvalue weighted by Crippen LogP contribution is -2.22. The molecule has 0 radical (unpaired) electrons. The number of hydrogen-bond donors (Lipinski definition) is 2. The summed E-state index contributed by atoms with van der Waals surface area (Å²) < 4.78 is 13.9. The minimum Gasteiger partial charge on any atom is -0.352 e. The number of allylic oxidation sites excluding steroid dienone is 7. The van der Waals surface area contributed by atoms with Gasteiger partial charge in [-0.25, -0.2) is 4.39 Å². The molecule has 5 heteroatoms. The summed E-state index contributed by atoms with van der Waals surface area (Å²) in [5.74, 6) is -0.282. The Morgan fingerprint density at radius 1 is 1.09 bits per heavy atom. The Morgan fingerprint density at radius 3 is 2.59 bits per heavy atom. The number of halogens is 1. The summed E-state index contributed by atoms with van der Waals surface area (Å²) in [4.78, 5) is 7.77. The van der Waals surface area contributed by atoms with Gasteiger partial charge in [-0.05, 0) is 61.8 Å². The Balaban J connectivity index is 1.87. The molecule has 4 aromatic rings. The predicted molar refractivity (Wildman–Crippen MR) is 140 cm³/mol. The zero-order chi connectivity index (χ0) is 24.2. The van der Waals surface area contributed by atoms with E-state index >= 15 is 0 Å². The summed E-state index contributed by atoms with van der Waals surface area (Å²) in [6.45, 7) is 14.0. The van der Waals surface area contributed by atoms with Crippen LogP contribution >= 0.6 is 0 Å². The van der Waals surface area contributed by atoms with Crippen LogP contribution in [-0.4, -0.2) is 20.2 Å². The molecule has 0 spiro atoms. The number of nitrogens with one attached hydrogen (secondary N) is 2. The Bertz CT molecular complexity index is 1580. The highest BCUT2D eigenvalue weighted by molar-refractivity contribution is 5.97. The zero-order valence-corrected chi connectivity index (χ0v) is 19.6. The molecule has 3 heterocycles. The van der Waals surface area contributed by atoms with Gasteiger partial charge in [0.25, 0.3) is 0 Å². The van der Waals surface area contributed by atoms with E-state index in [9.17, 15) is 4.39 Å². The van der Waals surface area contributed by atoms with Gasteiger partial charge in [-0.15, -0.1) is 0 Å². The molecule has 0 saturated carbocycles. The third kappa shape index (κ3) is 4.46. The molecule has 0 fully saturated rings. The largest absolute Gasteiger partial charge is 0.352 e. The number of fused-ring (bicyclic) bond motifs is 1. The highest BCUT2D eigenvalue weighted by atomic mass is 19.1. The van der Waals surface area contributed by atoms with Gasteiger partial charge in [0.15, 0.2) is 0 Å². The summed E-state index contributed by atoms with van der Waals surface area (Å²) in [6, 6.07) is 8.56. The van der Waals surface area contributed by atoms with E-state index in [0.717, 1.165) is 60.7 Å². The topological polar surface area (TPSA) is 57.4 Å². The molecule has 170 valence electrons. The third-order valence-corrected chi connectivity index (χ3v) is 5.78. The molecule has 0 aliphatic carbocycles. The standard InChI is InChI=1S/C29H27FN4/c1-6-18(4)12-20(7-2)21(8-3)14-24-19(5)33-34-29(24)27-15-25-26(16-31-17-28(25)32-27)22-10-9-11-23(30)13-22/h6-17,32-33H,1,5H2,2-4H3/b18-12-,20-7+,21-8+,24-14+. The summed E-state index contributed by atoms with van der Waals surface area (Å²) in [7, 11) is 0. The van der Waals surface area contributed by atoms with Gasteiger partial charge in [-0.3, -0.25) is 10.1 Å². The van der Waals surface area contributed by atoms with E-state index in [1.54, 1.807) is 18.5 Å². The van der Waals surface area contributed by atoms with Crippen molar-refractivity contribution < 1.29 is 4.39 Å². The van der Waals surface area contributed by atoms with Crippen molar-refractivity contribution in [3.63, 3.8) is 0 Å². The number of nitrogens with zero attached hydrogens (tertiary/aromatic N) is 2. The van der Waals surface area contributed by atoms with E-state index in [-0.39, 0.29) is 5.82 Å². The van der Waals surface area contributed by atoms with Crippen molar-refractivity contribution in [1.29, 1.82) is 0 Å². The van der Waals surface area contributed by atoms with Gasteiger partial charge < -0.3 is 4.98 Å². The first-order valence-electron chi connectivity index (χ1n) is 11.1. The lowest BCUT2D eigenvalue weighted by atomic mass is 10.0. The van der Waals surface area contributed by atoms with E-state index in [1.807, 2.05) is 39.0 Å². The molecule has 0 unspecified atom stereocenters. The fraction of sp³-hybridized carbons (Fsp3) is 0.103. The first kappa shape index (κ1) is 22.9. The van der Waals surface area contributed by atoms with Gasteiger partial charge in [0.1, 0.15) is 11.5 Å². The Labute approximate surface area is 198 Å². The molecule has 0 aliphatic rings. The average molecular weight is 451 g/mol. The summed E-state index contributed by atoms with van der Waals surface area (Å²) in [6.07, 6.45) is 13.7. The van der Waals surface area contributed by atoms with E-state index < -0.39 is 0 Å². The van der Waals surface area contributed by atoms with Crippen molar-refractivity contribution in [2.45, 2.75) is 20.8 Å². The summed E-state index contributed by atoms with van der Waals surface area (Å²) in [5.41, 5.74) is 7.27. The van der Waals surface area contributed by atoms with Gasteiger partial charge in [-0.1, -0.05) is 55.2 Å². The normalized spacial score (nSPS) is 13.6. The van der Waals surface area contributed by atoms with E-state index in [1.165, 1.54) is 12.1 Å². The smallest absolute Gasteiger partial charge is 0.123 e. The van der Waals surface area contributed by atoms with E-state index in [0.29, 0.717) is 0 Å². The van der Waals surface area contributed by atoms with Crippen LogP contribution in [0.5, 0.6) is 0 Å². The van der Waals surface area contributed by atoms with Crippen LogP contribution in [-0.2, 0) is 0 Å². The van der Waals surface area contributed by atoms with Crippen LogP contribution in [0.3, 0.4) is 0 Å². The van der Waals surface area contributed by atoms with Gasteiger partial charge >= 0.3 is 0 Å². The number of aromatic amines is 2. The second-order valence-electron chi connectivity index (χ2n) is 8.03. The minimum atomic E-state index is -0.282.